The first-order valence-electron chi connectivity index (χ1n) is 8.59. The molecule has 1 N–H and O–H groups in total. The lowest BCUT2D eigenvalue weighted by Crippen LogP contribution is -2.48. The molecule has 1 aliphatic heterocycles. The van der Waals surface area contributed by atoms with Crippen LogP contribution in [0.2, 0.25) is 0 Å². The molecule has 1 saturated heterocycles. The van der Waals surface area contributed by atoms with Crippen molar-refractivity contribution < 1.29 is 9.53 Å². The molecule has 4 saturated carbocycles. The third-order valence-corrected chi connectivity index (χ3v) is 6.25. The van der Waals surface area contributed by atoms with Gasteiger partial charge in [-0.05, 0) is 74.5 Å². The van der Waals surface area contributed by atoms with Crippen molar-refractivity contribution in [3.8, 4) is 0 Å². The summed E-state index contributed by atoms with van der Waals surface area (Å²) in [5.74, 6) is 3.09. The monoisotopic (exact) mass is 277 g/mol. The predicted molar refractivity (Wildman–Crippen MR) is 77.2 cm³/mol. The van der Waals surface area contributed by atoms with E-state index in [4.69, 9.17) is 4.74 Å². The molecule has 5 aliphatic rings. The van der Waals surface area contributed by atoms with Crippen molar-refractivity contribution >= 4 is 5.91 Å². The van der Waals surface area contributed by atoms with Gasteiger partial charge in [0.15, 0.2) is 0 Å². The lowest BCUT2D eigenvalue weighted by atomic mass is 9.49. The molecule has 0 aromatic carbocycles. The van der Waals surface area contributed by atoms with Crippen molar-refractivity contribution in [3.05, 3.63) is 0 Å². The van der Waals surface area contributed by atoms with Crippen molar-refractivity contribution in [1.82, 2.24) is 5.32 Å². The van der Waals surface area contributed by atoms with E-state index in [0.29, 0.717) is 5.41 Å². The first-order valence-corrected chi connectivity index (χ1v) is 8.59. The molecule has 0 spiro atoms. The van der Waals surface area contributed by atoms with Crippen molar-refractivity contribution in [1.29, 1.82) is 0 Å². The summed E-state index contributed by atoms with van der Waals surface area (Å²) >= 11 is 0. The topological polar surface area (TPSA) is 38.3 Å². The second kappa shape index (κ2) is 5.01. The number of rotatable bonds is 4. The highest BCUT2D eigenvalue weighted by Crippen LogP contribution is 2.61. The fourth-order valence-corrected chi connectivity index (χ4v) is 5.94. The van der Waals surface area contributed by atoms with Crippen molar-refractivity contribution in [3.63, 3.8) is 0 Å². The van der Waals surface area contributed by atoms with Crippen LogP contribution in [-0.4, -0.2) is 25.2 Å². The van der Waals surface area contributed by atoms with E-state index >= 15 is 0 Å². The zero-order valence-corrected chi connectivity index (χ0v) is 12.4. The maximum atomic E-state index is 12.3. The van der Waals surface area contributed by atoms with Crippen LogP contribution in [0.5, 0.6) is 0 Å². The number of carbonyl (C=O) groups excluding carboxylic acids is 1. The van der Waals surface area contributed by atoms with Crippen LogP contribution < -0.4 is 5.32 Å². The second-order valence-electron chi connectivity index (χ2n) is 8.03. The van der Waals surface area contributed by atoms with E-state index in [1.165, 1.54) is 38.5 Å². The maximum Gasteiger partial charge on any atom is 0.220 e. The Hall–Kier alpha value is -0.570. The van der Waals surface area contributed by atoms with Gasteiger partial charge in [0.2, 0.25) is 5.91 Å². The van der Waals surface area contributed by atoms with Crippen molar-refractivity contribution in [2.45, 2.75) is 63.9 Å². The van der Waals surface area contributed by atoms with Crippen LogP contribution >= 0.6 is 0 Å². The molecule has 4 aliphatic carbocycles. The summed E-state index contributed by atoms with van der Waals surface area (Å²) in [7, 11) is 0. The highest BCUT2D eigenvalue weighted by molar-refractivity contribution is 5.76. The summed E-state index contributed by atoms with van der Waals surface area (Å²) in [5, 5.41) is 3.14. The highest BCUT2D eigenvalue weighted by atomic mass is 16.5. The van der Waals surface area contributed by atoms with Gasteiger partial charge in [0.05, 0.1) is 6.10 Å². The van der Waals surface area contributed by atoms with Crippen molar-refractivity contribution in [2.24, 2.45) is 23.2 Å². The van der Waals surface area contributed by atoms with Gasteiger partial charge >= 0.3 is 0 Å². The number of carbonyl (C=O) groups is 1. The molecule has 5 rings (SSSR count). The zero-order valence-electron chi connectivity index (χ0n) is 12.4. The Morgan fingerprint density at radius 3 is 2.30 bits per heavy atom. The molecular formula is C17H27NO2. The fraction of sp³-hybridized carbons (Fsp3) is 0.941. The van der Waals surface area contributed by atoms with Crippen LogP contribution in [0, 0.1) is 23.2 Å². The van der Waals surface area contributed by atoms with Gasteiger partial charge in [-0.25, -0.2) is 0 Å². The number of nitrogens with one attached hydrogen (secondary N) is 1. The lowest BCUT2D eigenvalue weighted by molar-refractivity contribution is -0.129. The molecule has 3 nitrogen and oxygen atoms in total. The number of amides is 1. The molecule has 5 fully saturated rings. The number of hydrogen-bond acceptors (Lipinski definition) is 2. The second-order valence-corrected chi connectivity index (χ2v) is 8.03. The van der Waals surface area contributed by atoms with E-state index < -0.39 is 0 Å². The van der Waals surface area contributed by atoms with E-state index in [1.54, 1.807) is 0 Å². The Morgan fingerprint density at radius 2 is 1.75 bits per heavy atom. The Kier molecular flexibility index (Phi) is 3.29. The minimum absolute atomic E-state index is 0.273. The van der Waals surface area contributed by atoms with Gasteiger partial charge in [-0.2, -0.15) is 0 Å². The minimum atomic E-state index is 0.273. The summed E-state index contributed by atoms with van der Waals surface area (Å²) in [5.41, 5.74) is 0.370. The van der Waals surface area contributed by atoms with E-state index in [1.807, 2.05) is 0 Å². The molecule has 1 atom stereocenters. The first kappa shape index (κ1) is 13.1. The number of hydrogen-bond donors (Lipinski definition) is 1. The smallest absolute Gasteiger partial charge is 0.220 e. The molecule has 0 radical (unpaired) electrons. The minimum Gasteiger partial charge on any atom is -0.376 e. The maximum absolute atomic E-state index is 12.3. The highest BCUT2D eigenvalue weighted by Gasteiger charge is 2.51. The Morgan fingerprint density at radius 1 is 1.10 bits per heavy atom. The zero-order chi connectivity index (χ0) is 13.6. The van der Waals surface area contributed by atoms with Gasteiger partial charge < -0.3 is 10.1 Å². The Bertz CT molecular complexity index is 351. The molecule has 1 amide bonds. The average Bonchev–Trinajstić information content (AvgIpc) is 2.87. The van der Waals surface area contributed by atoms with Crippen LogP contribution in [0.4, 0.5) is 0 Å². The van der Waals surface area contributed by atoms with E-state index in [-0.39, 0.29) is 12.0 Å². The van der Waals surface area contributed by atoms with E-state index in [9.17, 15) is 4.79 Å². The van der Waals surface area contributed by atoms with E-state index in [2.05, 4.69) is 5.32 Å². The molecule has 112 valence electrons. The average molecular weight is 277 g/mol. The molecule has 4 bridgehead atoms. The van der Waals surface area contributed by atoms with Crippen LogP contribution in [0.1, 0.15) is 57.8 Å². The van der Waals surface area contributed by atoms with E-state index in [0.717, 1.165) is 50.2 Å². The van der Waals surface area contributed by atoms with Crippen LogP contribution in [0.15, 0.2) is 0 Å². The molecule has 0 aromatic rings. The molecular weight excluding hydrogens is 250 g/mol. The molecule has 3 heteroatoms. The third-order valence-electron chi connectivity index (χ3n) is 6.25. The van der Waals surface area contributed by atoms with Gasteiger partial charge in [-0.3, -0.25) is 4.79 Å². The Balaban J connectivity index is 1.32. The molecule has 1 unspecified atom stereocenters. The van der Waals surface area contributed by atoms with Crippen LogP contribution in [0.3, 0.4) is 0 Å². The fourth-order valence-electron chi connectivity index (χ4n) is 5.94. The van der Waals surface area contributed by atoms with Crippen molar-refractivity contribution in [2.75, 3.05) is 13.2 Å². The molecule has 1 heterocycles. The third kappa shape index (κ3) is 2.49. The predicted octanol–water partition coefficient (Wildman–Crippen LogP) is 2.89. The summed E-state index contributed by atoms with van der Waals surface area (Å²) < 4.78 is 5.58. The first-order chi connectivity index (χ1) is 9.71. The lowest BCUT2D eigenvalue weighted by Gasteiger charge is -2.56. The Labute approximate surface area is 121 Å². The molecule has 0 aromatic heterocycles. The SMILES string of the molecule is O=C(CC12CC3CC(CC(C3)C1)C2)NCC1CCCO1. The summed E-state index contributed by atoms with van der Waals surface area (Å²) in [6.07, 6.45) is 11.7. The quantitative estimate of drug-likeness (QED) is 0.858. The van der Waals surface area contributed by atoms with Gasteiger partial charge in [0, 0.05) is 19.6 Å². The summed E-state index contributed by atoms with van der Waals surface area (Å²) in [4.78, 5) is 12.3. The van der Waals surface area contributed by atoms with Gasteiger partial charge in [-0.1, -0.05) is 0 Å². The molecule has 20 heavy (non-hydrogen) atoms. The normalized spacial score (nSPS) is 45.8. The van der Waals surface area contributed by atoms with Crippen LogP contribution in [-0.2, 0) is 9.53 Å². The largest absolute Gasteiger partial charge is 0.376 e. The summed E-state index contributed by atoms with van der Waals surface area (Å²) in [6, 6.07) is 0. The standard InChI is InChI=1S/C17H27NO2/c19-16(18-11-15-2-1-3-20-15)10-17-7-12-4-13(8-17)6-14(5-12)9-17/h12-15H,1-11H2,(H,18,19). The van der Waals surface area contributed by atoms with Crippen LogP contribution in [0.25, 0.3) is 0 Å². The van der Waals surface area contributed by atoms with Gasteiger partial charge in [0.1, 0.15) is 0 Å². The van der Waals surface area contributed by atoms with Gasteiger partial charge in [0.25, 0.3) is 0 Å². The number of ether oxygens (including phenoxy) is 1. The summed E-state index contributed by atoms with van der Waals surface area (Å²) in [6.45, 7) is 1.60. The van der Waals surface area contributed by atoms with Gasteiger partial charge in [-0.15, -0.1) is 0 Å².